The summed E-state index contributed by atoms with van der Waals surface area (Å²) in [6.07, 6.45) is 6.15. The lowest BCUT2D eigenvalue weighted by molar-refractivity contribution is -0.126. The number of halogens is 1. The Morgan fingerprint density at radius 1 is 1.13 bits per heavy atom. The summed E-state index contributed by atoms with van der Waals surface area (Å²) in [5.41, 5.74) is 0. The minimum absolute atomic E-state index is 0. The average molecular weight is 530 g/mol. The van der Waals surface area contributed by atoms with Gasteiger partial charge < -0.3 is 25.4 Å². The van der Waals surface area contributed by atoms with Gasteiger partial charge in [-0.05, 0) is 51.2 Å². The van der Waals surface area contributed by atoms with Gasteiger partial charge in [-0.3, -0.25) is 9.79 Å². The summed E-state index contributed by atoms with van der Waals surface area (Å²) < 4.78 is 11.3. The molecule has 2 aliphatic carbocycles. The standard InChI is InChI=1S/C22H34N4O3.HI/c1-15(29-20-10-5-4-9-19(20)28-3)14-24-22(23-2)26-18-8-6-7-16(13-18)21(27)25-17-11-12-17;/h4-5,9-10,15-18H,6-8,11-14H2,1-3H3,(H,25,27)(H2,23,24,26);1H. The van der Waals surface area contributed by atoms with Gasteiger partial charge in [0.1, 0.15) is 6.10 Å². The summed E-state index contributed by atoms with van der Waals surface area (Å²) in [4.78, 5) is 16.7. The zero-order valence-corrected chi connectivity index (χ0v) is 20.5. The van der Waals surface area contributed by atoms with Gasteiger partial charge in [0.15, 0.2) is 17.5 Å². The number of nitrogens with one attached hydrogen (secondary N) is 3. The summed E-state index contributed by atoms with van der Waals surface area (Å²) in [7, 11) is 3.40. The van der Waals surface area contributed by atoms with Gasteiger partial charge in [-0.15, -0.1) is 24.0 Å². The van der Waals surface area contributed by atoms with Crippen LogP contribution in [0.4, 0.5) is 0 Å². The molecular formula is C22H35IN4O3. The molecule has 30 heavy (non-hydrogen) atoms. The molecule has 0 aliphatic heterocycles. The van der Waals surface area contributed by atoms with Gasteiger partial charge in [0.2, 0.25) is 5.91 Å². The molecule has 1 amide bonds. The van der Waals surface area contributed by atoms with E-state index < -0.39 is 0 Å². The zero-order chi connectivity index (χ0) is 20.6. The topological polar surface area (TPSA) is 84.0 Å². The largest absolute Gasteiger partial charge is 0.493 e. The van der Waals surface area contributed by atoms with Crippen LogP contribution in [0.5, 0.6) is 11.5 Å². The third-order valence-electron chi connectivity index (χ3n) is 5.49. The van der Waals surface area contributed by atoms with Crippen molar-refractivity contribution in [1.82, 2.24) is 16.0 Å². The fourth-order valence-corrected chi connectivity index (χ4v) is 3.71. The molecule has 3 atom stereocenters. The van der Waals surface area contributed by atoms with E-state index in [1.165, 1.54) is 0 Å². The number of rotatable bonds is 8. The van der Waals surface area contributed by atoms with Gasteiger partial charge in [0.25, 0.3) is 0 Å². The van der Waals surface area contributed by atoms with E-state index in [9.17, 15) is 4.79 Å². The van der Waals surface area contributed by atoms with Crippen molar-refractivity contribution in [3.8, 4) is 11.5 Å². The smallest absolute Gasteiger partial charge is 0.223 e. The van der Waals surface area contributed by atoms with Crippen LogP contribution in [0.25, 0.3) is 0 Å². The minimum atomic E-state index is -0.0618. The molecule has 1 aromatic rings. The molecule has 3 unspecified atom stereocenters. The molecule has 7 nitrogen and oxygen atoms in total. The molecule has 2 saturated carbocycles. The van der Waals surface area contributed by atoms with Crippen molar-refractivity contribution in [2.75, 3.05) is 20.7 Å². The van der Waals surface area contributed by atoms with Gasteiger partial charge in [-0.25, -0.2) is 0 Å². The third-order valence-corrected chi connectivity index (χ3v) is 5.49. The maximum absolute atomic E-state index is 12.4. The number of carbonyl (C=O) groups is 1. The number of para-hydroxylation sites is 2. The molecule has 8 heteroatoms. The van der Waals surface area contributed by atoms with E-state index in [2.05, 4.69) is 20.9 Å². The highest BCUT2D eigenvalue weighted by Gasteiger charge is 2.31. The van der Waals surface area contributed by atoms with Gasteiger partial charge in [0.05, 0.1) is 13.7 Å². The van der Waals surface area contributed by atoms with E-state index in [4.69, 9.17) is 9.47 Å². The first kappa shape index (κ1) is 24.6. The second kappa shape index (κ2) is 12.2. The van der Waals surface area contributed by atoms with Gasteiger partial charge >= 0.3 is 0 Å². The first-order valence-electron chi connectivity index (χ1n) is 10.7. The van der Waals surface area contributed by atoms with E-state index in [0.717, 1.165) is 56.0 Å². The van der Waals surface area contributed by atoms with E-state index in [0.29, 0.717) is 12.6 Å². The van der Waals surface area contributed by atoms with E-state index in [1.54, 1.807) is 14.2 Å². The number of nitrogens with zero attached hydrogens (tertiary/aromatic N) is 1. The van der Waals surface area contributed by atoms with Gasteiger partial charge in [0, 0.05) is 25.0 Å². The van der Waals surface area contributed by atoms with Crippen molar-refractivity contribution in [2.24, 2.45) is 10.9 Å². The predicted octanol–water partition coefficient (Wildman–Crippen LogP) is 3.08. The van der Waals surface area contributed by atoms with Gasteiger partial charge in [-0.2, -0.15) is 0 Å². The molecule has 3 N–H and O–H groups in total. The molecule has 0 heterocycles. The Balaban J connectivity index is 0.00000320. The molecule has 0 aromatic heterocycles. The predicted molar refractivity (Wildman–Crippen MR) is 130 cm³/mol. The lowest BCUT2D eigenvalue weighted by atomic mass is 9.85. The van der Waals surface area contributed by atoms with Gasteiger partial charge in [-0.1, -0.05) is 18.6 Å². The molecular weight excluding hydrogens is 495 g/mol. The number of benzene rings is 1. The molecule has 168 valence electrons. The molecule has 2 fully saturated rings. The highest BCUT2D eigenvalue weighted by Crippen LogP contribution is 2.27. The Labute approximate surface area is 196 Å². The van der Waals surface area contributed by atoms with Crippen LogP contribution < -0.4 is 25.4 Å². The van der Waals surface area contributed by atoms with Crippen LogP contribution in [0, 0.1) is 5.92 Å². The number of hydrogen-bond acceptors (Lipinski definition) is 4. The zero-order valence-electron chi connectivity index (χ0n) is 18.1. The van der Waals surface area contributed by atoms with Crippen LogP contribution in [0.15, 0.2) is 29.3 Å². The molecule has 0 saturated heterocycles. The van der Waals surface area contributed by atoms with Crippen molar-refractivity contribution in [3.63, 3.8) is 0 Å². The lowest BCUT2D eigenvalue weighted by Crippen LogP contribution is -2.48. The van der Waals surface area contributed by atoms with E-state index in [-0.39, 0.29) is 47.9 Å². The third kappa shape index (κ3) is 7.52. The number of ether oxygens (including phenoxy) is 2. The summed E-state index contributed by atoms with van der Waals surface area (Å²) in [6.45, 7) is 2.61. The number of guanidine groups is 1. The molecule has 3 rings (SSSR count). The fourth-order valence-electron chi connectivity index (χ4n) is 3.71. The molecule has 0 spiro atoms. The van der Waals surface area contributed by atoms with E-state index in [1.807, 2.05) is 31.2 Å². The number of hydrogen-bond donors (Lipinski definition) is 3. The van der Waals surface area contributed by atoms with Crippen molar-refractivity contribution in [1.29, 1.82) is 0 Å². The minimum Gasteiger partial charge on any atom is -0.493 e. The summed E-state index contributed by atoms with van der Waals surface area (Å²) in [6, 6.07) is 8.32. The SMILES string of the molecule is CN=C(NCC(C)Oc1ccccc1OC)NC1CCCC(C(=O)NC2CC2)C1.I. The van der Waals surface area contributed by atoms with Crippen molar-refractivity contribution >= 4 is 35.8 Å². The first-order valence-corrected chi connectivity index (χ1v) is 10.7. The second-order valence-corrected chi connectivity index (χ2v) is 8.02. The van der Waals surface area contributed by atoms with Crippen molar-refractivity contribution < 1.29 is 14.3 Å². The fraction of sp³-hybridized carbons (Fsp3) is 0.636. The molecule has 0 radical (unpaired) electrons. The van der Waals surface area contributed by atoms with Crippen LogP contribution in [-0.2, 0) is 4.79 Å². The lowest BCUT2D eigenvalue weighted by Gasteiger charge is -2.30. The number of aliphatic imine (C=N–C) groups is 1. The summed E-state index contributed by atoms with van der Waals surface area (Å²) in [5, 5.41) is 9.96. The van der Waals surface area contributed by atoms with Crippen LogP contribution >= 0.6 is 24.0 Å². The molecule has 2 aliphatic rings. The number of amides is 1. The van der Waals surface area contributed by atoms with E-state index >= 15 is 0 Å². The first-order chi connectivity index (χ1) is 14.1. The van der Waals surface area contributed by atoms with Crippen LogP contribution in [0.1, 0.15) is 45.4 Å². The average Bonchev–Trinajstić information content (AvgIpc) is 3.55. The number of carbonyl (C=O) groups excluding carboxylic acids is 1. The highest BCUT2D eigenvalue weighted by molar-refractivity contribution is 14.0. The highest BCUT2D eigenvalue weighted by atomic mass is 127. The summed E-state index contributed by atoms with van der Waals surface area (Å²) >= 11 is 0. The normalized spacial score (nSPS) is 22.3. The van der Waals surface area contributed by atoms with Crippen molar-refractivity contribution in [2.45, 2.75) is 63.6 Å². The van der Waals surface area contributed by atoms with Crippen LogP contribution in [-0.4, -0.2) is 50.8 Å². The Kier molecular flexibility index (Phi) is 10.0. The monoisotopic (exact) mass is 530 g/mol. The number of methoxy groups -OCH3 is 1. The Bertz CT molecular complexity index is 711. The maximum atomic E-state index is 12.4. The second-order valence-electron chi connectivity index (χ2n) is 8.02. The van der Waals surface area contributed by atoms with Crippen molar-refractivity contribution in [3.05, 3.63) is 24.3 Å². The molecule has 0 bridgehead atoms. The Morgan fingerprint density at radius 3 is 2.53 bits per heavy atom. The quantitative estimate of drug-likeness (QED) is 0.274. The van der Waals surface area contributed by atoms with Crippen LogP contribution in [0.3, 0.4) is 0 Å². The Hall–Kier alpha value is -1.71. The Morgan fingerprint density at radius 2 is 1.87 bits per heavy atom. The summed E-state index contributed by atoms with van der Waals surface area (Å²) in [5.74, 6) is 2.52. The maximum Gasteiger partial charge on any atom is 0.223 e. The van der Waals surface area contributed by atoms with Crippen LogP contribution in [0.2, 0.25) is 0 Å². The molecule has 1 aromatic carbocycles.